The summed E-state index contributed by atoms with van der Waals surface area (Å²) in [6.07, 6.45) is 2.02. The van der Waals surface area contributed by atoms with Crippen LogP contribution in [0.2, 0.25) is 0 Å². The number of halogens is 1. The van der Waals surface area contributed by atoms with Crippen molar-refractivity contribution in [2.24, 2.45) is 5.73 Å². The molecule has 1 aliphatic heterocycles. The minimum Gasteiger partial charge on any atom is -0.372 e. The van der Waals surface area contributed by atoms with Crippen LogP contribution >= 0.6 is 0 Å². The first-order valence-electron chi connectivity index (χ1n) is 6.00. The fraction of sp³-hybridized carbons (Fsp3) is 0.538. The van der Waals surface area contributed by atoms with Crippen LogP contribution in [0, 0.1) is 0 Å². The Labute approximate surface area is 96.2 Å². The van der Waals surface area contributed by atoms with Gasteiger partial charge in [-0.3, -0.25) is 0 Å². The highest BCUT2D eigenvalue weighted by molar-refractivity contribution is 5.48. The molecule has 0 saturated carbocycles. The Balaban J connectivity index is 2.03. The number of alkyl halides is 1. The molecule has 2 N–H and O–H groups in total. The molecule has 3 heteroatoms. The summed E-state index contributed by atoms with van der Waals surface area (Å²) in [5.41, 5.74) is 7.30. The summed E-state index contributed by atoms with van der Waals surface area (Å²) in [4.78, 5) is 2.35. The van der Waals surface area contributed by atoms with Crippen LogP contribution in [0.5, 0.6) is 0 Å². The van der Waals surface area contributed by atoms with E-state index in [4.69, 9.17) is 5.73 Å². The Bertz CT molecular complexity index is 317. The van der Waals surface area contributed by atoms with Gasteiger partial charge in [-0.25, -0.2) is 4.39 Å². The lowest BCUT2D eigenvalue weighted by Gasteiger charge is -2.18. The maximum Gasteiger partial charge on any atom is 0.126 e. The van der Waals surface area contributed by atoms with Crippen LogP contribution in [0.15, 0.2) is 24.3 Å². The molecule has 1 fully saturated rings. The molecule has 1 heterocycles. The Morgan fingerprint density at radius 2 is 1.81 bits per heavy atom. The largest absolute Gasteiger partial charge is 0.372 e. The van der Waals surface area contributed by atoms with E-state index in [2.05, 4.69) is 4.90 Å². The number of nitrogens with zero attached hydrogens (tertiary/aromatic N) is 1. The third-order valence-corrected chi connectivity index (χ3v) is 3.15. The molecule has 88 valence electrons. The van der Waals surface area contributed by atoms with Crippen molar-refractivity contribution in [3.63, 3.8) is 0 Å². The van der Waals surface area contributed by atoms with E-state index < -0.39 is 6.17 Å². The van der Waals surface area contributed by atoms with Gasteiger partial charge in [0.25, 0.3) is 0 Å². The maximum atomic E-state index is 13.6. The van der Waals surface area contributed by atoms with Crippen molar-refractivity contribution in [3.8, 4) is 0 Å². The lowest BCUT2D eigenvalue weighted by molar-refractivity contribution is 0.328. The SMILES string of the molecule is NCCC(F)c1ccc(N2CCCC2)cc1. The standard InChI is InChI=1S/C13H19FN2/c14-13(7-8-15)11-3-5-12(6-4-11)16-9-1-2-10-16/h3-6,13H,1-2,7-10,15H2. The van der Waals surface area contributed by atoms with Crippen molar-refractivity contribution in [2.45, 2.75) is 25.4 Å². The van der Waals surface area contributed by atoms with Crippen LogP contribution in [0.3, 0.4) is 0 Å². The van der Waals surface area contributed by atoms with Crippen LogP contribution in [0.4, 0.5) is 10.1 Å². The summed E-state index contributed by atoms with van der Waals surface area (Å²) in [6.45, 7) is 2.65. The van der Waals surface area contributed by atoms with Crippen LogP contribution in [0.25, 0.3) is 0 Å². The highest BCUT2D eigenvalue weighted by atomic mass is 19.1. The molecule has 2 rings (SSSR count). The quantitative estimate of drug-likeness (QED) is 0.848. The van der Waals surface area contributed by atoms with Crippen molar-refractivity contribution in [1.29, 1.82) is 0 Å². The fourth-order valence-corrected chi connectivity index (χ4v) is 2.18. The molecule has 0 aliphatic carbocycles. The number of anilines is 1. The fourth-order valence-electron chi connectivity index (χ4n) is 2.18. The van der Waals surface area contributed by atoms with E-state index >= 15 is 0 Å². The number of hydrogen-bond donors (Lipinski definition) is 1. The maximum absolute atomic E-state index is 13.6. The molecule has 0 amide bonds. The van der Waals surface area contributed by atoms with Crippen LogP contribution in [-0.4, -0.2) is 19.6 Å². The number of rotatable bonds is 4. The van der Waals surface area contributed by atoms with Gasteiger partial charge in [-0.05, 0) is 43.5 Å². The summed E-state index contributed by atoms with van der Waals surface area (Å²) < 4.78 is 13.6. The summed E-state index contributed by atoms with van der Waals surface area (Å²) >= 11 is 0. The minimum atomic E-state index is -0.919. The molecule has 0 bridgehead atoms. The number of benzene rings is 1. The summed E-state index contributed by atoms with van der Waals surface area (Å²) in [5, 5.41) is 0. The van der Waals surface area contributed by atoms with E-state index in [0.717, 1.165) is 18.7 Å². The average Bonchev–Trinajstić information content (AvgIpc) is 2.83. The third kappa shape index (κ3) is 2.53. The molecule has 0 spiro atoms. The molecular formula is C13H19FN2. The summed E-state index contributed by atoms with van der Waals surface area (Å²) in [6, 6.07) is 7.80. The van der Waals surface area contributed by atoms with E-state index in [9.17, 15) is 4.39 Å². The Morgan fingerprint density at radius 1 is 1.19 bits per heavy atom. The normalized spacial score (nSPS) is 17.8. The third-order valence-electron chi connectivity index (χ3n) is 3.15. The van der Waals surface area contributed by atoms with Crippen LogP contribution in [0.1, 0.15) is 31.0 Å². The van der Waals surface area contributed by atoms with Gasteiger partial charge in [-0.2, -0.15) is 0 Å². The van der Waals surface area contributed by atoms with Crippen LogP contribution < -0.4 is 10.6 Å². The van der Waals surface area contributed by atoms with Crippen molar-refractivity contribution >= 4 is 5.69 Å². The first kappa shape index (κ1) is 11.4. The van der Waals surface area contributed by atoms with Crippen molar-refractivity contribution in [3.05, 3.63) is 29.8 Å². The molecule has 1 aromatic carbocycles. The zero-order chi connectivity index (χ0) is 11.4. The molecule has 16 heavy (non-hydrogen) atoms. The van der Waals surface area contributed by atoms with Gasteiger partial charge >= 0.3 is 0 Å². The minimum absolute atomic E-state index is 0.398. The number of nitrogens with two attached hydrogens (primary N) is 1. The Hall–Kier alpha value is -1.09. The van der Waals surface area contributed by atoms with Gasteiger partial charge in [-0.15, -0.1) is 0 Å². The second-order valence-electron chi connectivity index (χ2n) is 4.33. The summed E-state index contributed by atoms with van der Waals surface area (Å²) in [7, 11) is 0. The lowest BCUT2D eigenvalue weighted by Crippen LogP contribution is -2.17. The second kappa shape index (κ2) is 5.30. The summed E-state index contributed by atoms with van der Waals surface area (Å²) in [5.74, 6) is 0. The van der Waals surface area contributed by atoms with E-state index in [-0.39, 0.29) is 0 Å². The lowest BCUT2D eigenvalue weighted by atomic mass is 10.1. The van der Waals surface area contributed by atoms with Gasteiger partial charge < -0.3 is 10.6 Å². The molecule has 2 nitrogen and oxygen atoms in total. The van der Waals surface area contributed by atoms with Crippen LogP contribution in [-0.2, 0) is 0 Å². The first-order chi connectivity index (χ1) is 7.81. The Kier molecular flexibility index (Phi) is 3.78. The van der Waals surface area contributed by atoms with Crippen molar-refractivity contribution < 1.29 is 4.39 Å². The predicted octanol–water partition coefficient (Wildman–Crippen LogP) is 2.65. The molecule has 1 atom stereocenters. The van der Waals surface area contributed by atoms with E-state index in [1.165, 1.54) is 18.5 Å². The predicted molar refractivity (Wildman–Crippen MR) is 65.4 cm³/mol. The van der Waals surface area contributed by atoms with Gasteiger partial charge in [0.1, 0.15) is 6.17 Å². The zero-order valence-corrected chi connectivity index (χ0v) is 9.53. The molecule has 0 aromatic heterocycles. The first-order valence-corrected chi connectivity index (χ1v) is 6.00. The molecular weight excluding hydrogens is 203 g/mol. The van der Waals surface area contributed by atoms with Gasteiger partial charge in [-0.1, -0.05) is 12.1 Å². The van der Waals surface area contributed by atoms with E-state index in [1.807, 2.05) is 24.3 Å². The number of hydrogen-bond acceptors (Lipinski definition) is 2. The molecule has 1 saturated heterocycles. The molecule has 0 radical (unpaired) electrons. The highest BCUT2D eigenvalue weighted by Crippen LogP contribution is 2.25. The van der Waals surface area contributed by atoms with E-state index in [0.29, 0.717) is 13.0 Å². The molecule has 1 unspecified atom stereocenters. The van der Waals surface area contributed by atoms with Crippen molar-refractivity contribution in [1.82, 2.24) is 0 Å². The molecule has 1 aliphatic rings. The van der Waals surface area contributed by atoms with Gasteiger partial charge in [0.15, 0.2) is 0 Å². The molecule has 1 aromatic rings. The second-order valence-corrected chi connectivity index (χ2v) is 4.33. The average molecular weight is 222 g/mol. The van der Waals surface area contributed by atoms with Gasteiger partial charge in [0, 0.05) is 18.8 Å². The highest BCUT2D eigenvalue weighted by Gasteiger charge is 2.13. The zero-order valence-electron chi connectivity index (χ0n) is 9.53. The van der Waals surface area contributed by atoms with Crippen molar-refractivity contribution in [2.75, 3.05) is 24.5 Å². The van der Waals surface area contributed by atoms with E-state index in [1.54, 1.807) is 0 Å². The van der Waals surface area contributed by atoms with Gasteiger partial charge in [0.2, 0.25) is 0 Å². The Morgan fingerprint density at radius 3 is 2.38 bits per heavy atom. The monoisotopic (exact) mass is 222 g/mol. The van der Waals surface area contributed by atoms with Gasteiger partial charge in [0.05, 0.1) is 0 Å². The topological polar surface area (TPSA) is 29.3 Å². The smallest absolute Gasteiger partial charge is 0.126 e.